The van der Waals surface area contributed by atoms with E-state index in [1.54, 1.807) is 0 Å². The number of nitrogens with zero attached hydrogens (tertiary/aromatic N) is 2. The molecule has 84 valence electrons. The number of hydrogen-bond acceptors (Lipinski definition) is 3. The van der Waals surface area contributed by atoms with Gasteiger partial charge in [0.1, 0.15) is 0 Å². The highest BCUT2D eigenvalue weighted by Crippen LogP contribution is 2.19. The van der Waals surface area contributed by atoms with Gasteiger partial charge in [0.15, 0.2) is 11.6 Å². The zero-order chi connectivity index (χ0) is 11.3. The van der Waals surface area contributed by atoms with E-state index in [0.717, 1.165) is 13.0 Å². The smallest absolute Gasteiger partial charge is 0.167 e. The summed E-state index contributed by atoms with van der Waals surface area (Å²) in [5.74, 6) is -0.0731. The van der Waals surface area contributed by atoms with Crippen LogP contribution in [-0.4, -0.2) is 24.6 Å². The van der Waals surface area contributed by atoms with Crippen LogP contribution in [0.5, 0.6) is 0 Å². The van der Waals surface area contributed by atoms with Gasteiger partial charge in [0.05, 0.1) is 5.02 Å². The molecule has 0 aromatic carbocycles. The van der Waals surface area contributed by atoms with E-state index in [2.05, 4.69) is 4.98 Å². The van der Waals surface area contributed by atoms with Crippen molar-refractivity contribution in [2.24, 2.45) is 5.73 Å². The quantitative estimate of drug-likeness (QED) is 0.844. The maximum atomic E-state index is 13.5. The lowest BCUT2D eigenvalue weighted by molar-refractivity contribution is 0.606. The van der Waals surface area contributed by atoms with E-state index in [0.29, 0.717) is 23.9 Å². The summed E-state index contributed by atoms with van der Waals surface area (Å²) in [5.41, 5.74) is 5.46. The van der Waals surface area contributed by atoms with Gasteiger partial charge in [0.25, 0.3) is 0 Å². The average Bonchev–Trinajstić information content (AvgIpc) is 2.17. The molecule has 15 heavy (non-hydrogen) atoms. The van der Waals surface area contributed by atoms with Gasteiger partial charge in [-0.3, -0.25) is 0 Å². The van der Waals surface area contributed by atoms with Crippen LogP contribution in [0.4, 0.5) is 10.2 Å². The Morgan fingerprint density at radius 3 is 2.80 bits per heavy atom. The molecule has 0 unspecified atom stereocenters. The van der Waals surface area contributed by atoms with E-state index in [-0.39, 0.29) is 0 Å². The van der Waals surface area contributed by atoms with E-state index in [1.165, 1.54) is 12.3 Å². The van der Waals surface area contributed by atoms with Crippen LogP contribution in [0.15, 0.2) is 12.3 Å². The topological polar surface area (TPSA) is 42.1 Å². The maximum absolute atomic E-state index is 13.5. The SMILES string of the molecule is CCCN(CCN)c1ncc(Cl)cc1F. The molecule has 1 aromatic rings. The van der Waals surface area contributed by atoms with E-state index in [9.17, 15) is 4.39 Å². The molecule has 0 saturated heterocycles. The molecule has 0 bridgehead atoms. The molecule has 5 heteroatoms. The van der Waals surface area contributed by atoms with Crippen molar-refractivity contribution in [1.82, 2.24) is 4.98 Å². The molecule has 0 atom stereocenters. The summed E-state index contributed by atoms with van der Waals surface area (Å²) in [7, 11) is 0. The molecule has 1 heterocycles. The fourth-order valence-electron chi connectivity index (χ4n) is 1.39. The van der Waals surface area contributed by atoms with Crippen LogP contribution in [0, 0.1) is 5.82 Å². The van der Waals surface area contributed by atoms with Crippen LogP contribution < -0.4 is 10.6 Å². The fourth-order valence-corrected chi connectivity index (χ4v) is 1.53. The van der Waals surface area contributed by atoms with Gasteiger partial charge in [-0.1, -0.05) is 18.5 Å². The van der Waals surface area contributed by atoms with Crippen molar-refractivity contribution in [3.63, 3.8) is 0 Å². The first-order valence-electron chi connectivity index (χ1n) is 4.95. The highest BCUT2D eigenvalue weighted by molar-refractivity contribution is 6.30. The predicted molar refractivity (Wildman–Crippen MR) is 60.8 cm³/mol. The molecule has 0 aliphatic carbocycles. The van der Waals surface area contributed by atoms with Crippen LogP contribution >= 0.6 is 11.6 Å². The monoisotopic (exact) mass is 231 g/mol. The summed E-state index contributed by atoms with van der Waals surface area (Å²) < 4.78 is 13.5. The highest BCUT2D eigenvalue weighted by atomic mass is 35.5. The van der Waals surface area contributed by atoms with Crippen molar-refractivity contribution >= 4 is 17.4 Å². The summed E-state index contributed by atoms with van der Waals surface area (Å²) in [5, 5.41) is 0.306. The second-order valence-corrected chi connectivity index (χ2v) is 3.67. The Kier molecular flexibility index (Phi) is 4.78. The van der Waals surface area contributed by atoms with Gasteiger partial charge >= 0.3 is 0 Å². The Morgan fingerprint density at radius 1 is 1.53 bits per heavy atom. The molecular weight excluding hydrogens is 217 g/mol. The molecule has 1 aromatic heterocycles. The average molecular weight is 232 g/mol. The van der Waals surface area contributed by atoms with Crippen LogP contribution in [0.3, 0.4) is 0 Å². The molecule has 2 N–H and O–H groups in total. The van der Waals surface area contributed by atoms with Gasteiger partial charge in [-0.15, -0.1) is 0 Å². The second kappa shape index (κ2) is 5.88. The number of aromatic nitrogens is 1. The molecule has 3 nitrogen and oxygen atoms in total. The summed E-state index contributed by atoms with van der Waals surface area (Å²) >= 11 is 5.63. The standard InChI is InChI=1S/C10H15ClFN3/c1-2-4-15(5-3-13)10-9(12)6-8(11)7-14-10/h6-7H,2-5,13H2,1H3. The Labute approximate surface area is 94.0 Å². The van der Waals surface area contributed by atoms with Crippen molar-refractivity contribution in [3.05, 3.63) is 23.1 Å². The van der Waals surface area contributed by atoms with Gasteiger partial charge in [0, 0.05) is 25.8 Å². The Morgan fingerprint density at radius 2 is 2.27 bits per heavy atom. The fraction of sp³-hybridized carbons (Fsp3) is 0.500. The van der Waals surface area contributed by atoms with Gasteiger partial charge in [-0.05, 0) is 12.5 Å². The lowest BCUT2D eigenvalue weighted by atomic mass is 10.3. The van der Waals surface area contributed by atoms with Crippen LogP contribution in [0.2, 0.25) is 5.02 Å². The second-order valence-electron chi connectivity index (χ2n) is 3.23. The molecule has 0 amide bonds. The zero-order valence-electron chi connectivity index (χ0n) is 8.71. The summed E-state index contributed by atoms with van der Waals surface area (Å²) in [6.45, 7) is 3.84. The number of halogens is 2. The molecule has 0 spiro atoms. The van der Waals surface area contributed by atoms with Crippen LogP contribution in [0.1, 0.15) is 13.3 Å². The summed E-state index contributed by atoms with van der Waals surface area (Å²) in [6, 6.07) is 1.27. The first kappa shape index (κ1) is 12.2. The third-order valence-electron chi connectivity index (χ3n) is 1.98. The van der Waals surface area contributed by atoms with Crippen molar-refractivity contribution in [2.45, 2.75) is 13.3 Å². The minimum absolute atomic E-state index is 0.306. The van der Waals surface area contributed by atoms with Crippen LogP contribution in [-0.2, 0) is 0 Å². The number of pyridine rings is 1. The summed E-state index contributed by atoms with van der Waals surface area (Å²) in [4.78, 5) is 5.80. The molecule has 0 saturated carbocycles. The van der Waals surface area contributed by atoms with E-state index < -0.39 is 5.82 Å². The lowest BCUT2D eigenvalue weighted by Gasteiger charge is -2.22. The van der Waals surface area contributed by atoms with Crippen molar-refractivity contribution in [2.75, 3.05) is 24.5 Å². The molecule has 1 rings (SSSR count). The van der Waals surface area contributed by atoms with Gasteiger partial charge in [0.2, 0.25) is 0 Å². The predicted octanol–water partition coefficient (Wildman–Crippen LogP) is 2.05. The molecule has 0 aliphatic heterocycles. The number of anilines is 1. The molecular formula is C10H15ClFN3. The van der Waals surface area contributed by atoms with E-state index in [1.807, 2.05) is 11.8 Å². The van der Waals surface area contributed by atoms with Gasteiger partial charge in [-0.25, -0.2) is 9.37 Å². The van der Waals surface area contributed by atoms with Gasteiger partial charge in [-0.2, -0.15) is 0 Å². The number of rotatable bonds is 5. The molecule has 0 aliphatic rings. The molecule has 0 radical (unpaired) electrons. The number of nitrogens with two attached hydrogens (primary N) is 1. The van der Waals surface area contributed by atoms with Crippen molar-refractivity contribution in [3.8, 4) is 0 Å². The largest absolute Gasteiger partial charge is 0.353 e. The van der Waals surface area contributed by atoms with E-state index >= 15 is 0 Å². The molecule has 0 fully saturated rings. The van der Waals surface area contributed by atoms with Crippen molar-refractivity contribution < 1.29 is 4.39 Å². The first-order valence-corrected chi connectivity index (χ1v) is 5.33. The third kappa shape index (κ3) is 3.32. The Balaban J connectivity index is 2.89. The number of hydrogen-bond donors (Lipinski definition) is 1. The zero-order valence-corrected chi connectivity index (χ0v) is 9.47. The minimum Gasteiger partial charge on any atom is -0.353 e. The van der Waals surface area contributed by atoms with Gasteiger partial charge < -0.3 is 10.6 Å². The van der Waals surface area contributed by atoms with Crippen molar-refractivity contribution in [1.29, 1.82) is 0 Å². The minimum atomic E-state index is -0.399. The van der Waals surface area contributed by atoms with Crippen LogP contribution in [0.25, 0.3) is 0 Å². The highest BCUT2D eigenvalue weighted by Gasteiger charge is 2.11. The Bertz CT molecular complexity index is 314. The first-order chi connectivity index (χ1) is 7.19. The lowest BCUT2D eigenvalue weighted by Crippen LogP contribution is -2.31. The van der Waals surface area contributed by atoms with E-state index in [4.69, 9.17) is 17.3 Å². The third-order valence-corrected chi connectivity index (χ3v) is 2.19. The maximum Gasteiger partial charge on any atom is 0.167 e. The normalized spacial score (nSPS) is 10.4. The Hall–Kier alpha value is -0.870. The summed E-state index contributed by atoms with van der Waals surface area (Å²) in [6.07, 6.45) is 2.36.